The van der Waals surface area contributed by atoms with Gasteiger partial charge in [0, 0.05) is 10.6 Å². The molecule has 98 valence electrons. The second-order valence-electron chi connectivity index (χ2n) is 3.66. The predicted molar refractivity (Wildman–Crippen MR) is 73.4 cm³/mol. The van der Waals surface area contributed by atoms with Crippen molar-refractivity contribution < 1.29 is 9.53 Å². The van der Waals surface area contributed by atoms with Gasteiger partial charge in [-0.3, -0.25) is 0 Å². The summed E-state index contributed by atoms with van der Waals surface area (Å²) >= 11 is 11.7. The zero-order chi connectivity index (χ0) is 13.8. The van der Waals surface area contributed by atoms with Crippen molar-refractivity contribution in [1.82, 2.24) is 10.2 Å². The van der Waals surface area contributed by atoms with Crippen LogP contribution in [0.15, 0.2) is 30.3 Å². The van der Waals surface area contributed by atoms with Crippen molar-refractivity contribution in [2.75, 3.05) is 6.61 Å². The zero-order valence-corrected chi connectivity index (χ0v) is 11.6. The van der Waals surface area contributed by atoms with Crippen LogP contribution in [0.3, 0.4) is 0 Å². The Kier molecular flexibility index (Phi) is 4.35. The molecule has 0 radical (unpaired) electrons. The van der Waals surface area contributed by atoms with Crippen molar-refractivity contribution in [1.29, 1.82) is 0 Å². The molecule has 0 atom stereocenters. The molecule has 1 heterocycles. The van der Waals surface area contributed by atoms with E-state index in [2.05, 4.69) is 10.2 Å². The van der Waals surface area contributed by atoms with Gasteiger partial charge in [-0.15, -0.1) is 10.2 Å². The van der Waals surface area contributed by atoms with Crippen molar-refractivity contribution in [3.63, 3.8) is 0 Å². The van der Waals surface area contributed by atoms with Gasteiger partial charge in [-0.25, -0.2) is 4.79 Å². The van der Waals surface area contributed by atoms with Crippen molar-refractivity contribution in [3.8, 4) is 11.3 Å². The third-order valence-electron chi connectivity index (χ3n) is 2.38. The van der Waals surface area contributed by atoms with Crippen LogP contribution >= 0.6 is 23.2 Å². The summed E-state index contributed by atoms with van der Waals surface area (Å²) in [5.74, 6) is -0.516. The van der Waals surface area contributed by atoms with Gasteiger partial charge in [0.25, 0.3) is 0 Å². The molecule has 19 heavy (non-hydrogen) atoms. The van der Waals surface area contributed by atoms with Crippen LogP contribution in [-0.4, -0.2) is 22.8 Å². The highest BCUT2D eigenvalue weighted by Crippen LogP contribution is 2.23. The molecule has 0 aliphatic carbocycles. The number of rotatable bonds is 3. The standard InChI is InChI=1S/C13H10Cl2N2O2/c1-2-19-13(18)10-7-11(16-17-12(10)15)8-3-5-9(14)6-4-8/h3-7H,2H2,1H3. The van der Waals surface area contributed by atoms with Crippen LogP contribution in [0.25, 0.3) is 11.3 Å². The number of carbonyl (C=O) groups is 1. The van der Waals surface area contributed by atoms with Gasteiger partial charge in [-0.1, -0.05) is 35.3 Å². The van der Waals surface area contributed by atoms with Gasteiger partial charge < -0.3 is 4.74 Å². The van der Waals surface area contributed by atoms with E-state index >= 15 is 0 Å². The van der Waals surface area contributed by atoms with E-state index in [-0.39, 0.29) is 17.3 Å². The third kappa shape index (κ3) is 3.22. The fourth-order valence-electron chi connectivity index (χ4n) is 1.49. The summed E-state index contributed by atoms with van der Waals surface area (Å²) in [6, 6.07) is 8.59. The van der Waals surface area contributed by atoms with Gasteiger partial charge in [-0.05, 0) is 25.1 Å². The Balaban J connectivity index is 2.40. The van der Waals surface area contributed by atoms with Gasteiger partial charge in [-0.2, -0.15) is 0 Å². The number of halogens is 2. The molecule has 0 bridgehead atoms. The lowest BCUT2D eigenvalue weighted by atomic mass is 10.1. The predicted octanol–water partition coefficient (Wildman–Crippen LogP) is 3.63. The number of aromatic nitrogens is 2. The number of nitrogens with zero attached hydrogens (tertiary/aromatic N) is 2. The molecule has 0 aliphatic rings. The molecule has 1 aromatic carbocycles. The fourth-order valence-corrected chi connectivity index (χ4v) is 1.79. The van der Waals surface area contributed by atoms with Gasteiger partial charge in [0.1, 0.15) is 5.56 Å². The molecule has 1 aromatic heterocycles. The minimum absolute atomic E-state index is 0.0242. The molecule has 0 aliphatic heterocycles. The monoisotopic (exact) mass is 296 g/mol. The Bertz CT molecular complexity index is 600. The minimum atomic E-state index is -0.516. The number of carbonyl (C=O) groups excluding carboxylic acids is 1. The van der Waals surface area contributed by atoms with Crippen LogP contribution in [-0.2, 0) is 4.74 Å². The normalized spacial score (nSPS) is 10.3. The van der Waals surface area contributed by atoms with Crippen LogP contribution in [0.2, 0.25) is 10.2 Å². The third-order valence-corrected chi connectivity index (χ3v) is 2.92. The Morgan fingerprint density at radius 1 is 1.21 bits per heavy atom. The highest BCUT2D eigenvalue weighted by atomic mass is 35.5. The van der Waals surface area contributed by atoms with Gasteiger partial charge in [0.15, 0.2) is 5.15 Å². The molecule has 0 saturated carbocycles. The Morgan fingerprint density at radius 3 is 2.53 bits per heavy atom. The van der Waals surface area contributed by atoms with E-state index in [9.17, 15) is 4.79 Å². The molecule has 0 unspecified atom stereocenters. The Hall–Kier alpha value is -1.65. The molecule has 0 saturated heterocycles. The first-order chi connectivity index (χ1) is 9.11. The van der Waals surface area contributed by atoms with Gasteiger partial charge in [0.2, 0.25) is 0 Å². The quantitative estimate of drug-likeness (QED) is 0.812. The van der Waals surface area contributed by atoms with E-state index in [1.165, 1.54) is 0 Å². The lowest BCUT2D eigenvalue weighted by Gasteiger charge is -2.05. The highest BCUT2D eigenvalue weighted by Gasteiger charge is 2.15. The van der Waals surface area contributed by atoms with E-state index in [1.807, 2.05) is 0 Å². The van der Waals surface area contributed by atoms with Gasteiger partial charge >= 0.3 is 5.97 Å². The van der Waals surface area contributed by atoms with Crippen LogP contribution in [0.4, 0.5) is 0 Å². The van der Waals surface area contributed by atoms with Crippen molar-refractivity contribution >= 4 is 29.2 Å². The number of esters is 1. The lowest BCUT2D eigenvalue weighted by Crippen LogP contribution is -2.07. The maximum absolute atomic E-state index is 11.7. The number of ether oxygens (including phenoxy) is 1. The molecule has 0 N–H and O–H groups in total. The van der Waals surface area contributed by atoms with Crippen LogP contribution < -0.4 is 0 Å². The smallest absolute Gasteiger partial charge is 0.341 e. The first-order valence-corrected chi connectivity index (χ1v) is 6.33. The first kappa shape index (κ1) is 13.8. The second-order valence-corrected chi connectivity index (χ2v) is 4.46. The van der Waals surface area contributed by atoms with E-state index in [1.54, 1.807) is 37.3 Å². The summed E-state index contributed by atoms with van der Waals surface area (Å²) in [7, 11) is 0. The molecular formula is C13H10Cl2N2O2. The topological polar surface area (TPSA) is 52.1 Å². The zero-order valence-electron chi connectivity index (χ0n) is 10.1. The fraction of sp³-hybridized carbons (Fsp3) is 0.154. The van der Waals surface area contributed by atoms with Crippen molar-refractivity contribution in [3.05, 3.63) is 46.1 Å². The highest BCUT2D eigenvalue weighted by molar-refractivity contribution is 6.32. The largest absolute Gasteiger partial charge is 0.462 e. The summed E-state index contributed by atoms with van der Waals surface area (Å²) < 4.78 is 4.91. The van der Waals surface area contributed by atoms with E-state index in [0.717, 1.165) is 5.56 Å². The Labute approximate surface area is 120 Å². The molecule has 2 aromatic rings. The van der Waals surface area contributed by atoms with E-state index in [0.29, 0.717) is 10.7 Å². The summed E-state index contributed by atoms with van der Waals surface area (Å²) in [6.45, 7) is 1.99. The maximum Gasteiger partial charge on any atom is 0.341 e. The van der Waals surface area contributed by atoms with Gasteiger partial charge in [0.05, 0.1) is 12.3 Å². The molecule has 6 heteroatoms. The molecule has 0 spiro atoms. The summed E-state index contributed by atoms with van der Waals surface area (Å²) in [4.78, 5) is 11.7. The van der Waals surface area contributed by atoms with Crippen molar-refractivity contribution in [2.24, 2.45) is 0 Å². The summed E-state index contributed by atoms with van der Waals surface area (Å²) in [6.07, 6.45) is 0. The SMILES string of the molecule is CCOC(=O)c1cc(-c2ccc(Cl)cc2)nnc1Cl. The summed E-state index contributed by atoms with van der Waals surface area (Å²) in [5.41, 5.74) is 1.52. The molecular weight excluding hydrogens is 287 g/mol. The van der Waals surface area contributed by atoms with Crippen LogP contribution in [0, 0.1) is 0 Å². The van der Waals surface area contributed by atoms with E-state index in [4.69, 9.17) is 27.9 Å². The number of benzene rings is 1. The summed E-state index contributed by atoms with van der Waals surface area (Å²) in [5, 5.41) is 8.36. The molecule has 4 nitrogen and oxygen atoms in total. The van der Waals surface area contributed by atoms with Crippen LogP contribution in [0.5, 0.6) is 0 Å². The Morgan fingerprint density at radius 2 is 1.89 bits per heavy atom. The first-order valence-electron chi connectivity index (χ1n) is 5.58. The lowest BCUT2D eigenvalue weighted by molar-refractivity contribution is 0.0526. The average Bonchev–Trinajstić information content (AvgIpc) is 2.40. The number of hydrogen-bond acceptors (Lipinski definition) is 4. The minimum Gasteiger partial charge on any atom is -0.462 e. The van der Waals surface area contributed by atoms with Crippen molar-refractivity contribution in [2.45, 2.75) is 6.92 Å². The second kappa shape index (κ2) is 5.99. The number of hydrogen-bond donors (Lipinski definition) is 0. The van der Waals surface area contributed by atoms with E-state index < -0.39 is 5.97 Å². The van der Waals surface area contributed by atoms with Crippen LogP contribution in [0.1, 0.15) is 17.3 Å². The average molecular weight is 297 g/mol. The molecule has 2 rings (SSSR count). The molecule has 0 fully saturated rings. The molecule has 0 amide bonds. The maximum atomic E-state index is 11.7.